The predicted molar refractivity (Wildman–Crippen MR) is 53.5 cm³/mol. The van der Waals surface area contributed by atoms with E-state index in [9.17, 15) is 17.3 Å². The molecule has 0 amide bonds. The van der Waals surface area contributed by atoms with E-state index in [1.165, 1.54) is 38.5 Å². The highest BCUT2D eigenvalue weighted by atomic mass is 19.5. The Morgan fingerprint density at radius 3 is 1.57 bits per heavy atom. The van der Waals surface area contributed by atoms with Gasteiger partial charge in [-0.1, -0.05) is 58.8 Å². The molecular weight excluding hydrogens is 195 g/mol. The van der Waals surface area contributed by atoms with Crippen LogP contribution in [0.15, 0.2) is 0 Å². The molecule has 0 aliphatic carbocycles. The van der Waals surface area contributed by atoms with Crippen molar-refractivity contribution in [3.63, 3.8) is 0 Å². The second kappa shape index (κ2) is 10.9. The highest BCUT2D eigenvalue weighted by Crippen LogP contribution is 2.06. The molecule has 0 rings (SSSR count). The molecule has 5 heteroatoms. The summed E-state index contributed by atoms with van der Waals surface area (Å²) in [5.74, 6) is 0. The third-order valence-corrected chi connectivity index (χ3v) is 1.60. The molecule has 0 atom stereocenters. The van der Waals surface area contributed by atoms with Crippen molar-refractivity contribution in [2.45, 2.75) is 51.9 Å². The standard InChI is InChI=1S/C9H19.BF4/c1-3-5-7-9-8-6-4-2;2-1(3,4)5/h1,3-9H2,2H3;/q;-1. The van der Waals surface area contributed by atoms with Crippen molar-refractivity contribution in [3.8, 4) is 0 Å². The molecule has 87 valence electrons. The van der Waals surface area contributed by atoms with Crippen LogP contribution < -0.4 is 0 Å². The van der Waals surface area contributed by atoms with Crippen molar-refractivity contribution in [1.82, 2.24) is 0 Å². The zero-order chi connectivity index (χ0) is 11.4. The molecule has 0 aliphatic heterocycles. The van der Waals surface area contributed by atoms with Crippen LogP contribution in [-0.4, -0.2) is 7.25 Å². The second-order valence-electron chi connectivity index (χ2n) is 3.12. The average Bonchev–Trinajstić information content (AvgIpc) is 2.01. The summed E-state index contributed by atoms with van der Waals surface area (Å²) < 4.78 is 39.0. The minimum absolute atomic E-state index is 1.12. The van der Waals surface area contributed by atoms with E-state index in [-0.39, 0.29) is 0 Å². The van der Waals surface area contributed by atoms with Gasteiger partial charge in [0, 0.05) is 0 Å². The monoisotopic (exact) mass is 214 g/mol. The summed E-state index contributed by atoms with van der Waals surface area (Å²) in [6.45, 7) is 6.05. The van der Waals surface area contributed by atoms with Crippen molar-refractivity contribution in [3.05, 3.63) is 6.92 Å². The van der Waals surface area contributed by atoms with Crippen LogP contribution in [0.1, 0.15) is 51.9 Å². The van der Waals surface area contributed by atoms with Crippen molar-refractivity contribution < 1.29 is 17.3 Å². The summed E-state index contributed by atoms with van der Waals surface area (Å²) in [5, 5.41) is 0. The summed E-state index contributed by atoms with van der Waals surface area (Å²) in [4.78, 5) is 0. The Bertz CT molecular complexity index is 91.5. The lowest BCUT2D eigenvalue weighted by Gasteiger charge is -1.95. The molecule has 0 aromatic carbocycles. The van der Waals surface area contributed by atoms with E-state index in [0.717, 1.165) is 6.42 Å². The van der Waals surface area contributed by atoms with Crippen LogP contribution in [0, 0.1) is 6.92 Å². The lowest BCUT2D eigenvalue weighted by molar-refractivity contribution is 0.368. The third kappa shape index (κ3) is 41.0. The molecule has 1 radical (unpaired) electrons. The molecule has 0 fully saturated rings. The fourth-order valence-electron chi connectivity index (χ4n) is 0.957. The largest absolute Gasteiger partial charge is 0.673 e. The summed E-state index contributed by atoms with van der Waals surface area (Å²) in [5.41, 5.74) is 0. The van der Waals surface area contributed by atoms with Gasteiger partial charge < -0.3 is 17.3 Å². The quantitative estimate of drug-likeness (QED) is 0.336. The van der Waals surface area contributed by atoms with Gasteiger partial charge in [-0.15, -0.1) is 0 Å². The average molecular weight is 214 g/mol. The molecule has 0 aliphatic rings. The number of hydrogen-bond acceptors (Lipinski definition) is 0. The van der Waals surface area contributed by atoms with Crippen LogP contribution >= 0.6 is 0 Å². The topological polar surface area (TPSA) is 0 Å². The molecule has 0 aromatic heterocycles. The van der Waals surface area contributed by atoms with Gasteiger partial charge in [-0.2, -0.15) is 0 Å². The van der Waals surface area contributed by atoms with Crippen LogP contribution in [0.4, 0.5) is 17.3 Å². The van der Waals surface area contributed by atoms with Crippen molar-refractivity contribution >= 4 is 7.25 Å². The molecule has 0 unspecified atom stereocenters. The molecular formula is C9H19BF4-. The van der Waals surface area contributed by atoms with Gasteiger partial charge >= 0.3 is 7.25 Å². The van der Waals surface area contributed by atoms with E-state index in [4.69, 9.17) is 0 Å². The Hall–Kier alpha value is -0.215. The maximum atomic E-state index is 9.75. The van der Waals surface area contributed by atoms with E-state index in [0.29, 0.717) is 0 Å². The SMILES string of the molecule is F[B-](F)(F)F.[CH2]CCCCCCCC. The van der Waals surface area contributed by atoms with Gasteiger partial charge in [0.15, 0.2) is 0 Å². The number of unbranched alkanes of at least 4 members (excludes halogenated alkanes) is 6. The van der Waals surface area contributed by atoms with Crippen molar-refractivity contribution in [2.75, 3.05) is 0 Å². The smallest absolute Gasteiger partial charge is 0.418 e. The van der Waals surface area contributed by atoms with E-state index >= 15 is 0 Å². The van der Waals surface area contributed by atoms with Crippen LogP contribution in [0.25, 0.3) is 0 Å². The van der Waals surface area contributed by atoms with Gasteiger partial charge in [-0.05, 0) is 0 Å². The van der Waals surface area contributed by atoms with E-state index in [2.05, 4.69) is 13.8 Å². The fourth-order valence-corrected chi connectivity index (χ4v) is 0.957. The Labute approximate surface area is 84.2 Å². The second-order valence-corrected chi connectivity index (χ2v) is 3.12. The fraction of sp³-hybridized carbons (Fsp3) is 0.889. The van der Waals surface area contributed by atoms with Crippen LogP contribution in [0.5, 0.6) is 0 Å². The molecule has 0 N–H and O–H groups in total. The number of halogens is 4. The zero-order valence-corrected chi connectivity index (χ0v) is 8.75. The summed E-state index contributed by atoms with van der Waals surface area (Å²) in [6.07, 6.45) is 9.45. The first-order valence-corrected chi connectivity index (χ1v) is 5.08. The Balaban J connectivity index is 0. The Morgan fingerprint density at radius 2 is 1.21 bits per heavy atom. The molecule has 0 heterocycles. The maximum absolute atomic E-state index is 9.75. The minimum atomic E-state index is -6.00. The van der Waals surface area contributed by atoms with Crippen LogP contribution in [0.2, 0.25) is 0 Å². The highest BCUT2D eigenvalue weighted by molar-refractivity contribution is 6.50. The van der Waals surface area contributed by atoms with Gasteiger partial charge in [0.2, 0.25) is 0 Å². The van der Waals surface area contributed by atoms with E-state index < -0.39 is 7.25 Å². The summed E-state index contributed by atoms with van der Waals surface area (Å²) >= 11 is 0. The maximum Gasteiger partial charge on any atom is 0.673 e. The van der Waals surface area contributed by atoms with E-state index in [1.807, 2.05) is 0 Å². The Morgan fingerprint density at radius 1 is 0.857 bits per heavy atom. The van der Waals surface area contributed by atoms with Crippen LogP contribution in [0.3, 0.4) is 0 Å². The molecule has 0 spiro atoms. The minimum Gasteiger partial charge on any atom is -0.418 e. The van der Waals surface area contributed by atoms with Gasteiger partial charge in [-0.3, -0.25) is 0 Å². The lowest BCUT2D eigenvalue weighted by Crippen LogP contribution is -2.02. The molecule has 14 heavy (non-hydrogen) atoms. The zero-order valence-electron chi connectivity index (χ0n) is 8.75. The number of rotatable bonds is 6. The van der Waals surface area contributed by atoms with Gasteiger partial charge in [-0.25, -0.2) is 0 Å². The molecule has 0 saturated heterocycles. The highest BCUT2D eigenvalue weighted by Gasteiger charge is 2.20. The van der Waals surface area contributed by atoms with Crippen molar-refractivity contribution in [1.29, 1.82) is 0 Å². The van der Waals surface area contributed by atoms with Crippen LogP contribution in [-0.2, 0) is 0 Å². The predicted octanol–water partition coefficient (Wildman–Crippen LogP) is 4.87. The lowest BCUT2D eigenvalue weighted by atomic mass is 10.1. The molecule has 0 nitrogen and oxygen atoms in total. The summed E-state index contributed by atoms with van der Waals surface area (Å²) in [7, 11) is -6.00. The van der Waals surface area contributed by atoms with E-state index in [1.54, 1.807) is 0 Å². The van der Waals surface area contributed by atoms with Crippen molar-refractivity contribution in [2.24, 2.45) is 0 Å². The Kier molecular flexibility index (Phi) is 12.6. The molecule has 0 bridgehead atoms. The summed E-state index contributed by atoms with van der Waals surface area (Å²) in [6, 6.07) is 0. The first-order valence-electron chi connectivity index (χ1n) is 5.08. The van der Waals surface area contributed by atoms with Gasteiger partial charge in [0.1, 0.15) is 0 Å². The molecule has 0 aromatic rings. The number of hydrogen-bond donors (Lipinski definition) is 0. The molecule has 0 saturated carbocycles. The first kappa shape index (κ1) is 16.2. The third-order valence-electron chi connectivity index (χ3n) is 1.60. The van der Waals surface area contributed by atoms with Gasteiger partial charge in [0.25, 0.3) is 0 Å². The van der Waals surface area contributed by atoms with Gasteiger partial charge in [0.05, 0.1) is 0 Å². The normalized spacial score (nSPS) is 10.7. The first-order chi connectivity index (χ1) is 6.41.